The Labute approximate surface area is 108 Å². The summed E-state index contributed by atoms with van der Waals surface area (Å²) < 4.78 is 5.93. The van der Waals surface area contributed by atoms with Crippen LogP contribution in [0.25, 0.3) is 0 Å². The van der Waals surface area contributed by atoms with E-state index in [4.69, 9.17) is 4.74 Å². The van der Waals surface area contributed by atoms with Crippen LogP contribution in [0.3, 0.4) is 0 Å². The van der Waals surface area contributed by atoms with Gasteiger partial charge in [0.15, 0.2) is 0 Å². The third kappa shape index (κ3) is 5.39. The Morgan fingerprint density at radius 1 is 1.35 bits per heavy atom. The minimum atomic E-state index is 0.515. The minimum absolute atomic E-state index is 0.515. The molecule has 1 N–H and O–H groups in total. The van der Waals surface area contributed by atoms with Gasteiger partial charge in [0.05, 0.1) is 6.61 Å². The molecule has 1 aliphatic carbocycles. The van der Waals surface area contributed by atoms with Gasteiger partial charge < -0.3 is 10.1 Å². The van der Waals surface area contributed by atoms with Crippen LogP contribution in [-0.4, -0.2) is 26.3 Å². The smallest absolute Gasteiger partial charge is 0.0622 e. The van der Waals surface area contributed by atoms with Crippen molar-refractivity contribution in [2.24, 2.45) is 17.8 Å². The van der Waals surface area contributed by atoms with E-state index in [0.717, 1.165) is 25.0 Å². The van der Waals surface area contributed by atoms with Gasteiger partial charge in [0, 0.05) is 12.6 Å². The topological polar surface area (TPSA) is 21.3 Å². The molecular weight excluding hydrogens is 210 g/mol. The lowest BCUT2D eigenvalue weighted by Gasteiger charge is -2.28. The Kier molecular flexibility index (Phi) is 7.14. The number of rotatable bonds is 7. The van der Waals surface area contributed by atoms with Gasteiger partial charge in [-0.25, -0.2) is 0 Å². The average Bonchev–Trinajstić information content (AvgIpc) is 2.34. The Balaban J connectivity index is 2.17. The molecule has 2 heteroatoms. The summed E-state index contributed by atoms with van der Waals surface area (Å²) in [6.45, 7) is 8.77. The minimum Gasteiger partial charge on any atom is -0.380 e. The van der Waals surface area contributed by atoms with Crippen molar-refractivity contribution in [3.8, 4) is 0 Å². The standard InChI is InChI=1S/C15H31NO/c1-5-13(3)15(16-4)11-17-10-14-8-6-7-12(2)9-14/h12-16H,5-11H2,1-4H3. The molecule has 0 radical (unpaired) electrons. The fourth-order valence-corrected chi connectivity index (χ4v) is 2.89. The molecule has 4 unspecified atom stereocenters. The van der Waals surface area contributed by atoms with Crippen molar-refractivity contribution < 1.29 is 4.74 Å². The van der Waals surface area contributed by atoms with Gasteiger partial charge in [0.25, 0.3) is 0 Å². The van der Waals surface area contributed by atoms with Crippen molar-refractivity contribution in [2.45, 2.75) is 58.9 Å². The Morgan fingerprint density at radius 2 is 2.12 bits per heavy atom. The normalized spacial score (nSPS) is 28.9. The third-order valence-corrected chi connectivity index (χ3v) is 4.40. The number of nitrogens with one attached hydrogen (secondary N) is 1. The predicted octanol–water partition coefficient (Wildman–Crippen LogP) is 3.46. The molecule has 0 bridgehead atoms. The summed E-state index contributed by atoms with van der Waals surface area (Å²) in [5, 5.41) is 3.37. The Hall–Kier alpha value is -0.0800. The lowest BCUT2D eigenvalue weighted by Crippen LogP contribution is -2.37. The lowest BCUT2D eigenvalue weighted by molar-refractivity contribution is 0.0537. The highest BCUT2D eigenvalue weighted by Crippen LogP contribution is 2.28. The Morgan fingerprint density at radius 3 is 2.71 bits per heavy atom. The van der Waals surface area contributed by atoms with Crippen LogP contribution in [-0.2, 0) is 4.74 Å². The summed E-state index contributed by atoms with van der Waals surface area (Å²) in [6, 6.07) is 0.515. The monoisotopic (exact) mass is 241 g/mol. The second-order valence-corrected chi connectivity index (χ2v) is 5.96. The van der Waals surface area contributed by atoms with Crippen molar-refractivity contribution in [3.63, 3.8) is 0 Å². The first-order chi connectivity index (χ1) is 8.17. The number of hydrogen-bond acceptors (Lipinski definition) is 2. The van der Waals surface area contributed by atoms with Crippen LogP contribution in [0, 0.1) is 17.8 Å². The van der Waals surface area contributed by atoms with Crippen molar-refractivity contribution in [1.82, 2.24) is 5.32 Å². The first-order valence-corrected chi connectivity index (χ1v) is 7.42. The molecule has 0 spiro atoms. The van der Waals surface area contributed by atoms with Gasteiger partial charge in [0.1, 0.15) is 0 Å². The van der Waals surface area contributed by atoms with Gasteiger partial charge in [-0.3, -0.25) is 0 Å². The second-order valence-electron chi connectivity index (χ2n) is 5.96. The molecule has 0 heterocycles. The van der Waals surface area contributed by atoms with E-state index in [9.17, 15) is 0 Å². The molecule has 0 amide bonds. The summed E-state index contributed by atoms with van der Waals surface area (Å²) in [6.07, 6.45) is 6.78. The third-order valence-electron chi connectivity index (χ3n) is 4.40. The van der Waals surface area contributed by atoms with Crippen LogP contribution in [0.5, 0.6) is 0 Å². The van der Waals surface area contributed by atoms with Crippen molar-refractivity contribution in [2.75, 3.05) is 20.3 Å². The summed E-state index contributed by atoms with van der Waals surface area (Å²) in [5.74, 6) is 2.42. The van der Waals surface area contributed by atoms with Gasteiger partial charge in [-0.1, -0.05) is 40.0 Å². The predicted molar refractivity (Wildman–Crippen MR) is 74.2 cm³/mol. The van der Waals surface area contributed by atoms with Gasteiger partial charge in [-0.05, 0) is 37.6 Å². The largest absolute Gasteiger partial charge is 0.380 e. The SMILES string of the molecule is CCC(C)C(COCC1CCCC(C)C1)NC. The number of hydrogen-bond donors (Lipinski definition) is 1. The van der Waals surface area contributed by atoms with E-state index >= 15 is 0 Å². The van der Waals surface area contributed by atoms with Gasteiger partial charge in [-0.2, -0.15) is 0 Å². The van der Waals surface area contributed by atoms with E-state index in [1.807, 2.05) is 7.05 Å². The molecule has 0 saturated heterocycles. The number of likely N-dealkylation sites (N-methyl/N-ethyl adjacent to an activating group) is 1. The maximum atomic E-state index is 5.93. The first-order valence-electron chi connectivity index (χ1n) is 7.42. The molecule has 0 aliphatic heterocycles. The molecule has 4 atom stereocenters. The van der Waals surface area contributed by atoms with E-state index in [0.29, 0.717) is 12.0 Å². The van der Waals surface area contributed by atoms with Gasteiger partial charge >= 0.3 is 0 Å². The van der Waals surface area contributed by atoms with E-state index in [2.05, 4.69) is 26.1 Å². The maximum absolute atomic E-state index is 5.93. The van der Waals surface area contributed by atoms with Crippen molar-refractivity contribution >= 4 is 0 Å². The highest BCUT2D eigenvalue weighted by Gasteiger charge is 2.20. The van der Waals surface area contributed by atoms with Crippen molar-refractivity contribution in [3.05, 3.63) is 0 Å². The van der Waals surface area contributed by atoms with Gasteiger partial charge in [0.2, 0.25) is 0 Å². The maximum Gasteiger partial charge on any atom is 0.0622 e. The van der Waals surface area contributed by atoms with Crippen LogP contribution >= 0.6 is 0 Å². The van der Waals surface area contributed by atoms with E-state index in [-0.39, 0.29) is 0 Å². The van der Waals surface area contributed by atoms with Gasteiger partial charge in [-0.15, -0.1) is 0 Å². The van der Waals surface area contributed by atoms with Crippen molar-refractivity contribution in [1.29, 1.82) is 0 Å². The summed E-state index contributed by atoms with van der Waals surface area (Å²) >= 11 is 0. The fraction of sp³-hybridized carbons (Fsp3) is 1.00. The van der Waals surface area contributed by atoms with Crippen LogP contribution in [0.4, 0.5) is 0 Å². The van der Waals surface area contributed by atoms with E-state index < -0.39 is 0 Å². The molecule has 17 heavy (non-hydrogen) atoms. The zero-order valence-electron chi connectivity index (χ0n) is 12.2. The second kappa shape index (κ2) is 8.10. The molecule has 2 nitrogen and oxygen atoms in total. The summed E-state index contributed by atoms with van der Waals surface area (Å²) in [5.41, 5.74) is 0. The van der Waals surface area contributed by atoms with E-state index in [1.165, 1.54) is 32.1 Å². The highest BCUT2D eigenvalue weighted by molar-refractivity contribution is 4.72. The zero-order chi connectivity index (χ0) is 12.7. The Bertz CT molecular complexity index is 195. The molecule has 0 aromatic carbocycles. The molecular formula is C15H31NO. The number of ether oxygens (including phenoxy) is 1. The molecule has 1 aliphatic rings. The van der Waals surface area contributed by atoms with Crippen LogP contribution < -0.4 is 5.32 Å². The quantitative estimate of drug-likeness (QED) is 0.737. The molecule has 0 aromatic rings. The molecule has 1 rings (SSSR count). The average molecular weight is 241 g/mol. The zero-order valence-corrected chi connectivity index (χ0v) is 12.2. The van der Waals surface area contributed by atoms with Crippen LogP contribution in [0.15, 0.2) is 0 Å². The molecule has 1 fully saturated rings. The summed E-state index contributed by atoms with van der Waals surface area (Å²) in [7, 11) is 2.04. The lowest BCUT2D eigenvalue weighted by atomic mass is 9.83. The highest BCUT2D eigenvalue weighted by atomic mass is 16.5. The first kappa shape index (κ1) is 15.0. The van der Waals surface area contributed by atoms with Crippen LogP contribution in [0.2, 0.25) is 0 Å². The van der Waals surface area contributed by atoms with E-state index in [1.54, 1.807) is 0 Å². The molecule has 0 aromatic heterocycles. The fourth-order valence-electron chi connectivity index (χ4n) is 2.89. The summed E-state index contributed by atoms with van der Waals surface area (Å²) in [4.78, 5) is 0. The molecule has 1 saturated carbocycles. The van der Waals surface area contributed by atoms with Crippen LogP contribution in [0.1, 0.15) is 52.9 Å². The molecule has 102 valence electrons.